The van der Waals surface area contributed by atoms with Gasteiger partial charge >= 0.3 is 0 Å². The number of aromatic nitrogens is 1. The highest BCUT2D eigenvalue weighted by Crippen LogP contribution is 2.12. The molecule has 1 aromatic heterocycles. The van der Waals surface area contributed by atoms with Crippen LogP contribution in [0, 0.1) is 0 Å². The van der Waals surface area contributed by atoms with E-state index in [0.29, 0.717) is 5.88 Å². The minimum atomic E-state index is -0.0606. The van der Waals surface area contributed by atoms with E-state index in [1.165, 1.54) is 5.39 Å². The molecule has 0 bridgehead atoms. The second-order valence-corrected chi connectivity index (χ2v) is 5.13. The lowest BCUT2D eigenvalue weighted by Gasteiger charge is -2.23. The van der Waals surface area contributed by atoms with Crippen LogP contribution in [0.4, 0.5) is 0 Å². The third-order valence-corrected chi connectivity index (χ3v) is 3.41. The highest BCUT2D eigenvalue weighted by Gasteiger charge is 2.14. The van der Waals surface area contributed by atoms with E-state index in [9.17, 15) is 0 Å². The second-order valence-electron chi connectivity index (χ2n) is 4.87. The molecule has 0 radical (unpaired) electrons. The summed E-state index contributed by atoms with van der Waals surface area (Å²) in [5.41, 5.74) is 2.02. The first-order chi connectivity index (χ1) is 8.11. The summed E-state index contributed by atoms with van der Waals surface area (Å²) in [5, 5.41) is 4.57. The monoisotopic (exact) mass is 248 g/mol. The van der Waals surface area contributed by atoms with Crippen molar-refractivity contribution in [3.8, 4) is 0 Å². The third kappa shape index (κ3) is 3.18. The van der Waals surface area contributed by atoms with E-state index in [-0.39, 0.29) is 5.54 Å². The predicted molar refractivity (Wildman–Crippen MR) is 73.4 cm³/mol. The first-order valence-corrected chi connectivity index (χ1v) is 6.30. The molecule has 1 N–H and O–H groups in total. The quantitative estimate of drug-likeness (QED) is 0.840. The van der Waals surface area contributed by atoms with Crippen LogP contribution in [0.1, 0.15) is 19.5 Å². The summed E-state index contributed by atoms with van der Waals surface area (Å²) in [4.78, 5) is 4.61. The molecule has 90 valence electrons. The van der Waals surface area contributed by atoms with E-state index in [0.717, 1.165) is 17.8 Å². The number of hydrogen-bond donors (Lipinski definition) is 1. The smallest absolute Gasteiger partial charge is 0.0705 e. The number of nitrogens with zero attached hydrogens (tertiary/aromatic N) is 1. The van der Waals surface area contributed by atoms with E-state index in [2.05, 4.69) is 42.3 Å². The minimum absolute atomic E-state index is 0.0606. The van der Waals surface area contributed by atoms with Gasteiger partial charge in [0, 0.05) is 23.3 Å². The molecular formula is C14H17ClN2. The zero-order valence-electron chi connectivity index (χ0n) is 10.2. The van der Waals surface area contributed by atoms with Crippen LogP contribution in [0.25, 0.3) is 10.9 Å². The van der Waals surface area contributed by atoms with Gasteiger partial charge in [0.15, 0.2) is 0 Å². The van der Waals surface area contributed by atoms with Crippen molar-refractivity contribution < 1.29 is 0 Å². The Hall–Kier alpha value is -1.12. The van der Waals surface area contributed by atoms with Gasteiger partial charge in [0.05, 0.1) is 11.2 Å². The number of nitrogens with one attached hydrogen (secondary N) is 1. The Labute approximate surface area is 107 Å². The maximum atomic E-state index is 5.87. The molecule has 0 amide bonds. The summed E-state index contributed by atoms with van der Waals surface area (Å²) in [5.74, 6) is 0.584. The van der Waals surface area contributed by atoms with Crippen molar-refractivity contribution >= 4 is 22.5 Å². The fraction of sp³-hybridized carbons (Fsp3) is 0.357. The molecule has 0 aliphatic carbocycles. The van der Waals surface area contributed by atoms with E-state index >= 15 is 0 Å². The van der Waals surface area contributed by atoms with Crippen molar-refractivity contribution in [2.45, 2.75) is 25.9 Å². The fourth-order valence-corrected chi connectivity index (χ4v) is 1.68. The average molecular weight is 249 g/mol. The van der Waals surface area contributed by atoms with Crippen molar-refractivity contribution in [1.82, 2.24) is 10.3 Å². The molecule has 3 heteroatoms. The Bertz CT molecular complexity index is 508. The lowest BCUT2D eigenvalue weighted by atomic mass is 10.1. The molecule has 0 aliphatic heterocycles. The molecule has 1 heterocycles. The largest absolute Gasteiger partial charge is 0.305 e. The Kier molecular flexibility index (Phi) is 3.65. The summed E-state index contributed by atoms with van der Waals surface area (Å²) in [7, 11) is 0. The zero-order valence-corrected chi connectivity index (χ0v) is 11.0. The number of pyridine rings is 1. The minimum Gasteiger partial charge on any atom is -0.305 e. The molecule has 0 atom stereocenters. The van der Waals surface area contributed by atoms with Crippen LogP contribution in [0.5, 0.6) is 0 Å². The van der Waals surface area contributed by atoms with Gasteiger partial charge in [-0.3, -0.25) is 4.98 Å². The van der Waals surface area contributed by atoms with Crippen LogP contribution in [0.2, 0.25) is 0 Å². The molecule has 0 saturated heterocycles. The van der Waals surface area contributed by atoms with Crippen molar-refractivity contribution in [2.75, 3.05) is 5.88 Å². The standard InChI is InChI=1S/C14H17ClN2/c1-14(2,10-15)16-9-12-8-7-11-5-3-4-6-13(11)17-12/h3-8,16H,9-10H2,1-2H3. The summed E-state index contributed by atoms with van der Waals surface area (Å²) in [6.07, 6.45) is 0. The van der Waals surface area contributed by atoms with Gasteiger partial charge < -0.3 is 5.32 Å². The summed E-state index contributed by atoms with van der Waals surface area (Å²) in [6, 6.07) is 12.3. The van der Waals surface area contributed by atoms with Crippen LogP contribution in [-0.2, 0) is 6.54 Å². The average Bonchev–Trinajstić information content (AvgIpc) is 2.36. The molecule has 0 aliphatic rings. The van der Waals surface area contributed by atoms with Crippen LogP contribution < -0.4 is 5.32 Å². The van der Waals surface area contributed by atoms with E-state index in [1.807, 2.05) is 18.2 Å². The maximum Gasteiger partial charge on any atom is 0.0705 e. The molecule has 1 aromatic carbocycles. The molecule has 2 nitrogen and oxygen atoms in total. The van der Waals surface area contributed by atoms with Crippen LogP contribution >= 0.6 is 11.6 Å². The normalized spacial score (nSPS) is 11.9. The number of benzene rings is 1. The van der Waals surface area contributed by atoms with Crippen LogP contribution in [0.3, 0.4) is 0 Å². The molecule has 0 fully saturated rings. The molecular weight excluding hydrogens is 232 g/mol. The predicted octanol–water partition coefficient (Wildman–Crippen LogP) is 3.34. The van der Waals surface area contributed by atoms with Gasteiger partial charge in [-0.15, -0.1) is 11.6 Å². The van der Waals surface area contributed by atoms with Gasteiger partial charge in [0.1, 0.15) is 0 Å². The van der Waals surface area contributed by atoms with Gasteiger partial charge in [-0.2, -0.15) is 0 Å². The summed E-state index contributed by atoms with van der Waals surface area (Å²) in [6.45, 7) is 4.91. The van der Waals surface area contributed by atoms with E-state index in [1.54, 1.807) is 0 Å². The van der Waals surface area contributed by atoms with E-state index in [4.69, 9.17) is 11.6 Å². The highest BCUT2D eigenvalue weighted by atomic mass is 35.5. The maximum absolute atomic E-state index is 5.87. The number of fused-ring (bicyclic) bond motifs is 1. The topological polar surface area (TPSA) is 24.9 Å². The SMILES string of the molecule is CC(C)(CCl)NCc1ccc2ccccc2n1. The molecule has 0 spiro atoms. The van der Waals surface area contributed by atoms with E-state index < -0.39 is 0 Å². The highest BCUT2D eigenvalue weighted by molar-refractivity contribution is 6.18. The van der Waals surface area contributed by atoms with Crippen molar-refractivity contribution in [1.29, 1.82) is 0 Å². The van der Waals surface area contributed by atoms with Gasteiger partial charge in [-0.25, -0.2) is 0 Å². The summed E-state index contributed by atoms with van der Waals surface area (Å²) < 4.78 is 0. The van der Waals surface area contributed by atoms with Crippen molar-refractivity contribution in [3.63, 3.8) is 0 Å². The third-order valence-electron chi connectivity index (χ3n) is 2.74. The lowest BCUT2D eigenvalue weighted by Crippen LogP contribution is -2.40. The number of para-hydroxylation sites is 1. The first kappa shape index (κ1) is 12.3. The number of hydrogen-bond acceptors (Lipinski definition) is 2. The molecule has 0 saturated carbocycles. The van der Waals surface area contributed by atoms with Gasteiger partial charge in [-0.05, 0) is 26.0 Å². The summed E-state index contributed by atoms with van der Waals surface area (Å²) >= 11 is 5.87. The lowest BCUT2D eigenvalue weighted by molar-refractivity contribution is 0.427. The Morgan fingerprint density at radius 1 is 1.18 bits per heavy atom. The van der Waals surface area contributed by atoms with Crippen molar-refractivity contribution in [2.24, 2.45) is 0 Å². The first-order valence-electron chi connectivity index (χ1n) is 5.76. The fourth-order valence-electron chi connectivity index (χ4n) is 1.58. The van der Waals surface area contributed by atoms with Gasteiger partial charge in [0.2, 0.25) is 0 Å². The second kappa shape index (κ2) is 5.03. The molecule has 0 unspecified atom stereocenters. The number of rotatable bonds is 4. The number of halogens is 1. The number of alkyl halides is 1. The molecule has 2 rings (SSSR count). The Morgan fingerprint density at radius 2 is 1.94 bits per heavy atom. The van der Waals surface area contributed by atoms with Crippen molar-refractivity contribution in [3.05, 3.63) is 42.1 Å². The molecule has 2 aromatic rings. The Morgan fingerprint density at radius 3 is 2.71 bits per heavy atom. The Balaban J connectivity index is 2.14. The molecule has 17 heavy (non-hydrogen) atoms. The van der Waals surface area contributed by atoms with Crippen LogP contribution in [-0.4, -0.2) is 16.4 Å². The van der Waals surface area contributed by atoms with Gasteiger partial charge in [0.25, 0.3) is 0 Å². The van der Waals surface area contributed by atoms with Crippen LogP contribution in [0.15, 0.2) is 36.4 Å². The zero-order chi connectivity index (χ0) is 12.3. The van der Waals surface area contributed by atoms with Gasteiger partial charge in [-0.1, -0.05) is 24.3 Å².